The van der Waals surface area contributed by atoms with E-state index in [9.17, 15) is 13.2 Å². The number of hydrogen-bond acceptors (Lipinski definition) is 2. The minimum atomic E-state index is -4.34. The molecular weight excluding hydrogens is 241 g/mol. The van der Waals surface area contributed by atoms with Crippen LogP contribution in [0.3, 0.4) is 0 Å². The van der Waals surface area contributed by atoms with Crippen LogP contribution in [0.1, 0.15) is 36.9 Å². The second-order valence-electron chi connectivity index (χ2n) is 4.93. The first-order chi connectivity index (χ1) is 8.45. The van der Waals surface area contributed by atoms with Crippen LogP contribution in [0.15, 0.2) is 24.3 Å². The zero-order chi connectivity index (χ0) is 13.3. The number of rotatable bonds is 4. The van der Waals surface area contributed by atoms with Crippen molar-refractivity contribution in [3.8, 4) is 0 Å². The maximum Gasteiger partial charge on any atom is 0.416 e. The molecule has 18 heavy (non-hydrogen) atoms. The fourth-order valence-electron chi connectivity index (χ4n) is 2.45. The Morgan fingerprint density at radius 3 is 2.39 bits per heavy atom. The summed E-state index contributed by atoms with van der Waals surface area (Å²) in [5.74, 6) is 6.05. The largest absolute Gasteiger partial charge is 0.416 e. The molecule has 0 saturated heterocycles. The Hall–Kier alpha value is -1.07. The highest BCUT2D eigenvalue weighted by Crippen LogP contribution is 2.44. The quantitative estimate of drug-likeness (QED) is 0.642. The molecule has 0 aliphatic heterocycles. The first kappa shape index (κ1) is 13.4. The molecule has 100 valence electrons. The third kappa shape index (κ3) is 2.67. The lowest BCUT2D eigenvalue weighted by Crippen LogP contribution is -2.34. The van der Waals surface area contributed by atoms with Crippen molar-refractivity contribution < 1.29 is 13.2 Å². The van der Waals surface area contributed by atoms with Gasteiger partial charge in [0.15, 0.2) is 0 Å². The van der Waals surface area contributed by atoms with E-state index in [0.29, 0.717) is 5.92 Å². The number of benzene rings is 1. The Morgan fingerprint density at radius 2 is 1.89 bits per heavy atom. The average molecular weight is 258 g/mol. The number of hydrazine groups is 1. The van der Waals surface area contributed by atoms with Crippen molar-refractivity contribution in [2.75, 3.05) is 0 Å². The van der Waals surface area contributed by atoms with Crippen LogP contribution in [0, 0.1) is 11.8 Å². The van der Waals surface area contributed by atoms with E-state index in [0.717, 1.165) is 18.9 Å². The SMILES string of the molecule is CC(C1CC1)C(NN)c1ccccc1C(F)(F)F. The normalized spacial score (nSPS) is 19.6. The van der Waals surface area contributed by atoms with Crippen LogP contribution in [0.5, 0.6) is 0 Å². The van der Waals surface area contributed by atoms with Gasteiger partial charge < -0.3 is 0 Å². The topological polar surface area (TPSA) is 38.0 Å². The molecule has 1 saturated carbocycles. The summed E-state index contributed by atoms with van der Waals surface area (Å²) in [5.41, 5.74) is 2.20. The monoisotopic (exact) mass is 258 g/mol. The molecule has 1 fully saturated rings. The summed E-state index contributed by atoms with van der Waals surface area (Å²) < 4.78 is 38.9. The lowest BCUT2D eigenvalue weighted by molar-refractivity contribution is -0.138. The molecule has 0 bridgehead atoms. The Morgan fingerprint density at radius 1 is 1.28 bits per heavy atom. The summed E-state index contributed by atoms with van der Waals surface area (Å²) in [7, 11) is 0. The molecule has 0 heterocycles. The van der Waals surface area contributed by atoms with Crippen LogP contribution >= 0.6 is 0 Å². The summed E-state index contributed by atoms with van der Waals surface area (Å²) >= 11 is 0. The van der Waals surface area contributed by atoms with Gasteiger partial charge in [-0.05, 0) is 36.3 Å². The van der Waals surface area contributed by atoms with E-state index in [1.807, 2.05) is 6.92 Å². The summed E-state index contributed by atoms with van der Waals surface area (Å²) in [5, 5.41) is 0. The molecule has 3 N–H and O–H groups in total. The van der Waals surface area contributed by atoms with Gasteiger partial charge in [-0.15, -0.1) is 0 Å². The number of nitrogens with two attached hydrogens (primary N) is 1. The molecule has 1 aliphatic carbocycles. The summed E-state index contributed by atoms with van der Waals surface area (Å²) in [4.78, 5) is 0. The van der Waals surface area contributed by atoms with E-state index in [-0.39, 0.29) is 11.5 Å². The molecular formula is C13H17F3N2. The van der Waals surface area contributed by atoms with Gasteiger partial charge in [0.1, 0.15) is 0 Å². The van der Waals surface area contributed by atoms with Crippen molar-refractivity contribution >= 4 is 0 Å². The lowest BCUT2D eigenvalue weighted by Gasteiger charge is -2.26. The Bertz CT molecular complexity index is 413. The maximum absolute atomic E-state index is 13.0. The van der Waals surface area contributed by atoms with Crippen molar-refractivity contribution in [3.05, 3.63) is 35.4 Å². The van der Waals surface area contributed by atoms with E-state index in [2.05, 4.69) is 5.43 Å². The van der Waals surface area contributed by atoms with Crippen LogP contribution < -0.4 is 11.3 Å². The van der Waals surface area contributed by atoms with E-state index in [1.54, 1.807) is 6.07 Å². The van der Waals surface area contributed by atoms with Gasteiger partial charge in [-0.25, -0.2) is 0 Å². The molecule has 0 aromatic heterocycles. The Kier molecular flexibility index (Phi) is 3.64. The second kappa shape index (κ2) is 4.90. The fourth-order valence-corrected chi connectivity index (χ4v) is 2.45. The summed E-state index contributed by atoms with van der Waals surface area (Å²) in [6.45, 7) is 1.95. The maximum atomic E-state index is 13.0. The Labute approximate surface area is 104 Å². The summed E-state index contributed by atoms with van der Waals surface area (Å²) in [6.07, 6.45) is -2.18. The van der Waals surface area contributed by atoms with Crippen LogP contribution in [0.4, 0.5) is 13.2 Å². The van der Waals surface area contributed by atoms with E-state index >= 15 is 0 Å². The molecule has 1 aromatic carbocycles. The van der Waals surface area contributed by atoms with Gasteiger partial charge >= 0.3 is 6.18 Å². The van der Waals surface area contributed by atoms with E-state index in [1.165, 1.54) is 12.1 Å². The number of alkyl halides is 3. The zero-order valence-electron chi connectivity index (χ0n) is 10.2. The number of halogens is 3. The van der Waals surface area contributed by atoms with Crippen LogP contribution in [0.25, 0.3) is 0 Å². The van der Waals surface area contributed by atoms with Gasteiger partial charge in [-0.2, -0.15) is 13.2 Å². The Balaban J connectivity index is 2.35. The minimum absolute atomic E-state index is 0.110. The minimum Gasteiger partial charge on any atom is -0.271 e. The van der Waals surface area contributed by atoms with E-state index < -0.39 is 17.8 Å². The average Bonchev–Trinajstić information content (AvgIpc) is 3.13. The van der Waals surface area contributed by atoms with Crippen molar-refractivity contribution in [2.24, 2.45) is 17.7 Å². The van der Waals surface area contributed by atoms with E-state index in [4.69, 9.17) is 5.84 Å². The van der Waals surface area contributed by atoms with Crippen molar-refractivity contribution in [1.29, 1.82) is 0 Å². The molecule has 2 rings (SSSR count). The molecule has 0 radical (unpaired) electrons. The van der Waals surface area contributed by atoms with Gasteiger partial charge in [0.2, 0.25) is 0 Å². The lowest BCUT2D eigenvalue weighted by atomic mass is 9.88. The highest BCUT2D eigenvalue weighted by Gasteiger charge is 2.39. The number of hydrogen-bond donors (Lipinski definition) is 2. The van der Waals surface area contributed by atoms with Gasteiger partial charge in [0.05, 0.1) is 5.56 Å². The highest BCUT2D eigenvalue weighted by molar-refractivity contribution is 5.33. The van der Waals surface area contributed by atoms with Crippen LogP contribution in [-0.4, -0.2) is 0 Å². The van der Waals surface area contributed by atoms with Gasteiger partial charge in [0.25, 0.3) is 0 Å². The molecule has 2 atom stereocenters. The molecule has 0 amide bonds. The highest BCUT2D eigenvalue weighted by atomic mass is 19.4. The van der Waals surface area contributed by atoms with Crippen LogP contribution in [0.2, 0.25) is 0 Å². The van der Waals surface area contributed by atoms with Gasteiger partial charge in [0, 0.05) is 6.04 Å². The molecule has 0 spiro atoms. The molecule has 5 heteroatoms. The third-order valence-electron chi connectivity index (χ3n) is 3.67. The summed E-state index contributed by atoms with van der Waals surface area (Å²) in [6, 6.07) is 5.19. The fraction of sp³-hybridized carbons (Fsp3) is 0.538. The second-order valence-corrected chi connectivity index (χ2v) is 4.93. The van der Waals surface area contributed by atoms with Crippen LogP contribution in [-0.2, 0) is 6.18 Å². The van der Waals surface area contributed by atoms with Crippen molar-refractivity contribution in [2.45, 2.75) is 32.0 Å². The molecule has 1 aromatic rings. The van der Waals surface area contributed by atoms with Crippen molar-refractivity contribution in [1.82, 2.24) is 5.43 Å². The van der Waals surface area contributed by atoms with Crippen molar-refractivity contribution in [3.63, 3.8) is 0 Å². The van der Waals surface area contributed by atoms with Gasteiger partial charge in [-0.3, -0.25) is 11.3 Å². The smallest absolute Gasteiger partial charge is 0.271 e. The predicted octanol–water partition coefficient (Wildman–Crippen LogP) is 3.26. The molecule has 2 nitrogen and oxygen atoms in total. The third-order valence-corrected chi connectivity index (χ3v) is 3.67. The first-order valence-corrected chi connectivity index (χ1v) is 6.07. The number of nitrogens with one attached hydrogen (secondary N) is 1. The molecule has 2 unspecified atom stereocenters. The predicted molar refractivity (Wildman–Crippen MR) is 63.4 cm³/mol. The zero-order valence-corrected chi connectivity index (χ0v) is 10.2. The molecule has 1 aliphatic rings. The van der Waals surface area contributed by atoms with Gasteiger partial charge in [-0.1, -0.05) is 25.1 Å². The first-order valence-electron chi connectivity index (χ1n) is 6.07. The standard InChI is InChI=1S/C13H17F3N2/c1-8(9-6-7-9)12(18-17)10-4-2-3-5-11(10)13(14,15)16/h2-5,8-9,12,18H,6-7,17H2,1H3.